The summed E-state index contributed by atoms with van der Waals surface area (Å²) in [6.45, 7) is 8.66. The highest BCUT2D eigenvalue weighted by atomic mass is 16.5. The molecule has 0 bridgehead atoms. The Morgan fingerprint density at radius 3 is 2.44 bits per heavy atom. The van der Waals surface area contributed by atoms with Crippen molar-refractivity contribution in [2.75, 3.05) is 39.8 Å². The molecule has 3 N–H and O–H groups in total. The third-order valence-electron chi connectivity index (χ3n) is 5.24. The number of amides is 1. The van der Waals surface area contributed by atoms with Gasteiger partial charge in [-0.05, 0) is 24.6 Å². The van der Waals surface area contributed by atoms with Crippen LogP contribution in [0.2, 0.25) is 0 Å². The van der Waals surface area contributed by atoms with Gasteiger partial charge in [0.15, 0.2) is 6.54 Å². The summed E-state index contributed by atoms with van der Waals surface area (Å²) < 4.78 is 5.22. The number of rotatable bonds is 7. The summed E-state index contributed by atoms with van der Waals surface area (Å²) in [6.07, 6.45) is 0. The molecule has 0 spiro atoms. The maximum atomic E-state index is 12.3. The van der Waals surface area contributed by atoms with Gasteiger partial charge >= 0.3 is 0 Å². The number of hydrogen-bond acceptors (Lipinski definition) is 2. The van der Waals surface area contributed by atoms with Crippen LogP contribution in [-0.4, -0.2) is 45.7 Å². The quantitative estimate of drug-likeness (QED) is 0.622. The fraction of sp³-hybridized carbons (Fsp3) is 0.409. The lowest BCUT2D eigenvalue weighted by atomic mass is 10.1. The van der Waals surface area contributed by atoms with Gasteiger partial charge in [0.2, 0.25) is 0 Å². The lowest BCUT2D eigenvalue weighted by Gasteiger charge is -2.29. The van der Waals surface area contributed by atoms with Crippen molar-refractivity contribution in [2.24, 2.45) is 0 Å². The van der Waals surface area contributed by atoms with Crippen molar-refractivity contribution < 1.29 is 19.3 Å². The Morgan fingerprint density at radius 2 is 1.70 bits per heavy atom. The zero-order valence-electron chi connectivity index (χ0n) is 16.4. The van der Waals surface area contributed by atoms with Crippen LogP contribution in [0, 0.1) is 6.92 Å². The molecule has 0 saturated carbocycles. The molecular formula is C22H31N3O2+2. The smallest absolute Gasteiger partial charge is 0.275 e. The number of carbonyl (C=O) groups is 1. The molecule has 1 aliphatic rings. The minimum Gasteiger partial charge on any atom is -0.497 e. The maximum Gasteiger partial charge on any atom is 0.275 e. The molecule has 0 radical (unpaired) electrons. The summed E-state index contributed by atoms with van der Waals surface area (Å²) in [5, 5.41) is 3.03. The van der Waals surface area contributed by atoms with Crippen LogP contribution in [0.4, 0.5) is 0 Å². The number of carbonyl (C=O) groups excluding carboxylic acids is 1. The molecule has 27 heavy (non-hydrogen) atoms. The molecule has 1 amide bonds. The van der Waals surface area contributed by atoms with E-state index in [-0.39, 0.29) is 5.91 Å². The summed E-state index contributed by atoms with van der Waals surface area (Å²) in [5.74, 6) is 0.940. The number of hydrogen-bond donors (Lipinski definition) is 3. The standard InChI is InChI=1S/C22H29N3O2/c1-18-5-3-7-20(13-18)16-24-9-11-25(12-10-24)17-22(26)23-15-19-6-4-8-21(14-19)27-2/h3-8,13-14H,9-12,15-17H2,1-2H3,(H,23,26)/p+2. The van der Waals surface area contributed by atoms with Crippen molar-refractivity contribution in [3.05, 3.63) is 65.2 Å². The van der Waals surface area contributed by atoms with Gasteiger partial charge in [0.05, 0.1) is 7.11 Å². The highest BCUT2D eigenvalue weighted by Gasteiger charge is 2.24. The first-order valence-electron chi connectivity index (χ1n) is 9.74. The van der Waals surface area contributed by atoms with E-state index in [4.69, 9.17) is 4.74 Å². The molecule has 3 rings (SSSR count). The van der Waals surface area contributed by atoms with Crippen LogP contribution in [0.15, 0.2) is 48.5 Å². The van der Waals surface area contributed by atoms with Crippen molar-refractivity contribution in [3.8, 4) is 5.75 Å². The van der Waals surface area contributed by atoms with E-state index in [2.05, 4.69) is 36.5 Å². The van der Waals surface area contributed by atoms with Crippen molar-refractivity contribution in [1.29, 1.82) is 0 Å². The first-order valence-corrected chi connectivity index (χ1v) is 9.74. The molecule has 1 aliphatic heterocycles. The average Bonchev–Trinajstić information content (AvgIpc) is 2.68. The third-order valence-corrected chi connectivity index (χ3v) is 5.24. The van der Waals surface area contributed by atoms with Gasteiger partial charge in [-0.1, -0.05) is 42.0 Å². The Balaban J connectivity index is 1.38. The summed E-state index contributed by atoms with van der Waals surface area (Å²) in [6, 6.07) is 16.6. The molecule has 0 aromatic heterocycles. The maximum absolute atomic E-state index is 12.3. The fourth-order valence-corrected chi connectivity index (χ4v) is 3.69. The number of benzene rings is 2. The second kappa shape index (κ2) is 9.53. The van der Waals surface area contributed by atoms with Gasteiger partial charge in [0.1, 0.15) is 38.5 Å². The first kappa shape index (κ1) is 19.4. The second-order valence-corrected chi connectivity index (χ2v) is 7.47. The van der Waals surface area contributed by atoms with E-state index in [1.54, 1.807) is 12.0 Å². The van der Waals surface area contributed by atoms with E-state index in [1.165, 1.54) is 16.0 Å². The number of methoxy groups -OCH3 is 1. The predicted molar refractivity (Wildman–Crippen MR) is 106 cm³/mol. The Labute approximate surface area is 161 Å². The molecule has 0 aliphatic carbocycles. The monoisotopic (exact) mass is 369 g/mol. The van der Waals surface area contributed by atoms with Crippen LogP contribution in [0.5, 0.6) is 5.75 Å². The zero-order valence-corrected chi connectivity index (χ0v) is 16.4. The molecule has 1 saturated heterocycles. The van der Waals surface area contributed by atoms with E-state index in [0.717, 1.165) is 44.0 Å². The molecule has 5 nitrogen and oxygen atoms in total. The van der Waals surface area contributed by atoms with Gasteiger partial charge in [-0.15, -0.1) is 0 Å². The summed E-state index contributed by atoms with van der Waals surface area (Å²) >= 11 is 0. The molecule has 0 unspecified atom stereocenters. The van der Waals surface area contributed by atoms with Crippen LogP contribution in [0.3, 0.4) is 0 Å². The van der Waals surface area contributed by atoms with Gasteiger partial charge < -0.3 is 19.9 Å². The lowest BCUT2D eigenvalue weighted by Crippen LogP contribution is -3.28. The van der Waals surface area contributed by atoms with Crippen LogP contribution in [0.25, 0.3) is 0 Å². The number of piperazine rings is 1. The molecule has 144 valence electrons. The minimum absolute atomic E-state index is 0.120. The molecule has 2 aromatic carbocycles. The molecular weight excluding hydrogens is 338 g/mol. The lowest BCUT2D eigenvalue weighted by molar-refractivity contribution is -1.02. The summed E-state index contributed by atoms with van der Waals surface area (Å²) in [4.78, 5) is 15.3. The van der Waals surface area contributed by atoms with Crippen molar-refractivity contribution in [2.45, 2.75) is 20.0 Å². The van der Waals surface area contributed by atoms with Gasteiger partial charge in [-0.3, -0.25) is 4.79 Å². The molecule has 0 atom stereocenters. The summed E-state index contributed by atoms with van der Waals surface area (Å²) in [5.41, 5.74) is 3.79. The minimum atomic E-state index is 0.120. The fourth-order valence-electron chi connectivity index (χ4n) is 3.69. The van der Waals surface area contributed by atoms with Crippen LogP contribution < -0.4 is 19.9 Å². The zero-order chi connectivity index (χ0) is 19.1. The van der Waals surface area contributed by atoms with Gasteiger partial charge in [-0.2, -0.15) is 0 Å². The first-order chi connectivity index (χ1) is 13.1. The van der Waals surface area contributed by atoms with Crippen LogP contribution >= 0.6 is 0 Å². The van der Waals surface area contributed by atoms with Gasteiger partial charge in [0.25, 0.3) is 5.91 Å². The van der Waals surface area contributed by atoms with E-state index < -0.39 is 0 Å². The van der Waals surface area contributed by atoms with Crippen molar-refractivity contribution in [1.82, 2.24) is 5.32 Å². The molecule has 1 heterocycles. The molecule has 2 aromatic rings. The average molecular weight is 370 g/mol. The Kier molecular flexibility index (Phi) is 6.85. The van der Waals surface area contributed by atoms with Crippen molar-refractivity contribution in [3.63, 3.8) is 0 Å². The van der Waals surface area contributed by atoms with Crippen LogP contribution in [0.1, 0.15) is 16.7 Å². The topological polar surface area (TPSA) is 47.2 Å². The van der Waals surface area contributed by atoms with E-state index in [0.29, 0.717) is 13.1 Å². The Bertz CT molecular complexity index is 755. The largest absolute Gasteiger partial charge is 0.497 e. The second-order valence-electron chi connectivity index (χ2n) is 7.47. The SMILES string of the molecule is COc1cccc(CNC(=O)C[NH+]2CC[NH+](Cc3cccc(C)c3)CC2)c1. The molecule has 5 heteroatoms. The number of quaternary nitrogens is 2. The van der Waals surface area contributed by atoms with Crippen LogP contribution in [-0.2, 0) is 17.9 Å². The number of ether oxygens (including phenoxy) is 1. The van der Waals surface area contributed by atoms with Gasteiger partial charge in [0, 0.05) is 12.1 Å². The third kappa shape index (κ3) is 6.08. The van der Waals surface area contributed by atoms with Crippen molar-refractivity contribution >= 4 is 5.91 Å². The predicted octanol–water partition coefficient (Wildman–Crippen LogP) is -0.397. The van der Waals surface area contributed by atoms with Gasteiger partial charge in [-0.25, -0.2) is 0 Å². The Hall–Kier alpha value is -2.37. The normalized spacial score (nSPS) is 19.5. The Morgan fingerprint density at radius 1 is 1.00 bits per heavy atom. The van der Waals surface area contributed by atoms with E-state index >= 15 is 0 Å². The number of nitrogens with one attached hydrogen (secondary N) is 3. The highest BCUT2D eigenvalue weighted by molar-refractivity contribution is 5.76. The van der Waals surface area contributed by atoms with E-state index in [1.807, 2.05) is 24.3 Å². The highest BCUT2D eigenvalue weighted by Crippen LogP contribution is 2.11. The van der Waals surface area contributed by atoms with E-state index in [9.17, 15) is 4.79 Å². The molecule has 1 fully saturated rings. The summed E-state index contributed by atoms with van der Waals surface area (Å²) in [7, 11) is 1.65. The number of aryl methyl sites for hydroxylation is 1.